The first kappa shape index (κ1) is 14.4. The second-order valence-electron chi connectivity index (χ2n) is 7.38. The number of hydrogen-bond acceptors (Lipinski definition) is 1. The predicted octanol–water partition coefficient (Wildman–Crippen LogP) is 5.44. The van der Waals surface area contributed by atoms with E-state index in [9.17, 15) is 0 Å². The van der Waals surface area contributed by atoms with Gasteiger partial charge in [0.2, 0.25) is 0 Å². The third-order valence-electron chi connectivity index (χ3n) is 4.62. The zero-order chi connectivity index (χ0) is 14.0. The molecule has 106 valence electrons. The van der Waals surface area contributed by atoms with E-state index in [1.54, 1.807) is 0 Å². The first-order valence-electron chi connectivity index (χ1n) is 7.74. The maximum atomic E-state index is 3.82. The molecule has 1 fully saturated rings. The van der Waals surface area contributed by atoms with Crippen LogP contribution in [0.4, 0.5) is 5.69 Å². The van der Waals surface area contributed by atoms with Gasteiger partial charge in [0.15, 0.2) is 0 Å². The summed E-state index contributed by atoms with van der Waals surface area (Å²) in [5.41, 5.74) is 3.31. The average Bonchev–Trinajstić information content (AvgIpc) is 2.32. The second kappa shape index (κ2) is 5.56. The van der Waals surface area contributed by atoms with Crippen molar-refractivity contribution in [3.8, 4) is 0 Å². The normalized spacial score (nSPS) is 26.4. The van der Waals surface area contributed by atoms with E-state index in [1.165, 1.54) is 30.5 Å². The SMILES string of the molecule is CC(C)c1ccccc1NC1CCC(C)(C)CC1C. The van der Waals surface area contributed by atoms with Crippen LogP contribution in [0.1, 0.15) is 65.4 Å². The van der Waals surface area contributed by atoms with Gasteiger partial charge in [-0.3, -0.25) is 0 Å². The molecule has 1 aliphatic rings. The fourth-order valence-electron chi connectivity index (χ4n) is 3.49. The maximum absolute atomic E-state index is 3.82. The van der Waals surface area contributed by atoms with Crippen molar-refractivity contribution in [2.24, 2.45) is 11.3 Å². The minimum atomic E-state index is 0.523. The molecule has 2 rings (SSSR count). The third-order valence-corrected chi connectivity index (χ3v) is 4.62. The Morgan fingerprint density at radius 2 is 1.89 bits per heavy atom. The highest BCUT2D eigenvalue weighted by Gasteiger charge is 2.32. The van der Waals surface area contributed by atoms with Crippen LogP contribution in [0, 0.1) is 11.3 Å². The summed E-state index contributed by atoms with van der Waals surface area (Å²) >= 11 is 0. The van der Waals surface area contributed by atoms with Gasteiger partial charge in [0.1, 0.15) is 0 Å². The van der Waals surface area contributed by atoms with E-state index >= 15 is 0 Å². The molecule has 2 atom stereocenters. The van der Waals surface area contributed by atoms with Gasteiger partial charge in [-0.05, 0) is 48.1 Å². The number of rotatable bonds is 3. The van der Waals surface area contributed by atoms with Crippen molar-refractivity contribution in [1.82, 2.24) is 0 Å². The Hall–Kier alpha value is -0.980. The highest BCUT2D eigenvalue weighted by atomic mass is 14.9. The molecule has 2 unspecified atom stereocenters. The van der Waals surface area contributed by atoms with Crippen molar-refractivity contribution in [2.75, 3.05) is 5.32 Å². The summed E-state index contributed by atoms with van der Waals surface area (Å²) in [6.45, 7) is 11.8. The van der Waals surface area contributed by atoms with E-state index in [0.717, 1.165) is 5.92 Å². The van der Waals surface area contributed by atoms with Gasteiger partial charge >= 0.3 is 0 Å². The van der Waals surface area contributed by atoms with Crippen LogP contribution < -0.4 is 5.32 Å². The summed E-state index contributed by atoms with van der Waals surface area (Å²) in [4.78, 5) is 0. The van der Waals surface area contributed by atoms with E-state index in [4.69, 9.17) is 0 Å². The molecule has 1 saturated carbocycles. The van der Waals surface area contributed by atoms with Gasteiger partial charge in [-0.2, -0.15) is 0 Å². The summed E-state index contributed by atoms with van der Waals surface area (Å²) in [7, 11) is 0. The van der Waals surface area contributed by atoms with Gasteiger partial charge in [0, 0.05) is 11.7 Å². The van der Waals surface area contributed by atoms with Crippen molar-refractivity contribution >= 4 is 5.69 Å². The van der Waals surface area contributed by atoms with E-state index in [-0.39, 0.29) is 0 Å². The van der Waals surface area contributed by atoms with Crippen LogP contribution in [0.3, 0.4) is 0 Å². The molecule has 0 saturated heterocycles. The van der Waals surface area contributed by atoms with Crippen molar-refractivity contribution in [3.63, 3.8) is 0 Å². The lowest BCUT2D eigenvalue weighted by Gasteiger charge is -2.40. The Kier molecular flexibility index (Phi) is 4.23. The first-order valence-corrected chi connectivity index (χ1v) is 7.74. The fraction of sp³-hybridized carbons (Fsp3) is 0.667. The molecule has 19 heavy (non-hydrogen) atoms. The molecule has 0 aliphatic heterocycles. The molecule has 1 nitrogen and oxygen atoms in total. The molecule has 0 bridgehead atoms. The first-order chi connectivity index (χ1) is 8.89. The molecule has 0 heterocycles. The zero-order valence-electron chi connectivity index (χ0n) is 13.2. The van der Waals surface area contributed by atoms with Gasteiger partial charge in [0.05, 0.1) is 0 Å². The van der Waals surface area contributed by atoms with Gasteiger partial charge in [-0.1, -0.05) is 52.8 Å². The van der Waals surface area contributed by atoms with Crippen LogP contribution in [-0.4, -0.2) is 6.04 Å². The quantitative estimate of drug-likeness (QED) is 0.762. The Labute approximate surface area is 118 Å². The summed E-state index contributed by atoms with van der Waals surface area (Å²) in [5.74, 6) is 1.34. The smallest absolute Gasteiger partial charge is 0.0377 e. The third kappa shape index (κ3) is 3.52. The fourth-order valence-corrected chi connectivity index (χ4v) is 3.49. The molecule has 0 amide bonds. The van der Waals surface area contributed by atoms with Crippen molar-refractivity contribution in [2.45, 2.75) is 65.8 Å². The van der Waals surface area contributed by atoms with Crippen LogP contribution >= 0.6 is 0 Å². The molecule has 1 aliphatic carbocycles. The molecular formula is C18H29N. The van der Waals surface area contributed by atoms with Crippen LogP contribution in [0.25, 0.3) is 0 Å². The number of para-hydroxylation sites is 1. The maximum Gasteiger partial charge on any atom is 0.0377 e. The molecule has 0 aromatic heterocycles. The number of hydrogen-bond donors (Lipinski definition) is 1. The van der Waals surface area contributed by atoms with E-state index in [2.05, 4.69) is 64.2 Å². The molecule has 1 N–H and O–H groups in total. The molecular weight excluding hydrogens is 230 g/mol. The van der Waals surface area contributed by atoms with Crippen LogP contribution in [0.15, 0.2) is 24.3 Å². The Morgan fingerprint density at radius 3 is 2.53 bits per heavy atom. The zero-order valence-corrected chi connectivity index (χ0v) is 13.2. The summed E-state index contributed by atoms with van der Waals surface area (Å²) in [5, 5.41) is 3.82. The largest absolute Gasteiger partial charge is 0.382 e. The topological polar surface area (TPSA) is 12.0 Å². The van der Waals surface area contributed by atoms with Crippen molar-refractivity contribution in [3.05, 3.63) is 29.8 Å². The Morgan fingerprint density at radius 1 is 1.21 bits per heavy atom. The van der Waals surface area contributed by atoms with Crippen molar-refractivity contribution < 1.29 is 0 Å². The van der Waals surface area contributed by atoms with Gasteiger partial charge in [-0.25, -0.2) is 0 Å². The molecule has 1 aromatic rings. The van der Waals surface area contributed by atoms with E-state index < -0.39 is 0 Å². The molecule has 1 aromatic carbocycles. The number of anilines is 1. The molecule has 1 heteroatoms. The van der Waals surface area contributed by atoms with Gasteiger partial charge in [0.25, 0.3) is 0 Å². The summed E-state index contributed by atoms with van der Waals surface area (Å²) < 4.78 is 0. The highest BCUT2D eigenvalue weighted by molar-refractivity contribution is 5.53. The highest BCUT2D eigenvalue weighted by Crippen LogP contribution is 2.40. The Balaban J connectivity index is 2.10. The number of benzene rings is 1. The van der Waals surface area contributed by atoms with Gasteiger partial charge < -0.3 is 5.32 Å². The van der Waals surface area contributed by atoms with Crippen LogP contribution in [0.2, 0.25) is 0 Å². The molecule has 0 radical (unpaired) electrons. The summed E-state index contributed by atoms with van der Waals surface area (Å²) in [6, 6.07) is 9.42. The van der Waals surface area contributed by atoms with Crippen molar-refractivity contribution in [1.29, 1.82) is 0 Å². The molecule has 0 spiro atoms. The monoisotopic (exact) mass is 259 g/mol. The standard InChI is InChI=1S/C18H29N/c1-13(2)15-8-6-7-9-17(15)19-16-10-11-18(4,5)12-14(16)3/h6-9,13-14,16,19H,10-12H2,1-5H3. The lowest BCUT2D eigenvalue weighted by Crippen LogP contribution is -2.37. The second-order valence-corrected chi connectivity index (χ2v) is 7.38. The summed E-state index contributed by atoms with van der Waals surface area (Å²) in [6.07, 6.45) is 3.95. The van der Waals surface area contributed by atoms with E-state index in [0.29, 0.717) is 17.4 Å². The Bertz CT molecular complexity index is 419. The van der Waals surface area contributed by atoms with Gasteiger partial charge in [-0.15, -0.1) is 0 Å². The minimum absolute atomic E-state index is 0.523. The van der Waals surface area contributed by atoms with Crippen LogP contribution in [-0.2, 0) is 0 Å². The average molecular weight is 259 g/mol. The van der Waals surface area contributed by atoms with Crippen LogP contribution in [0.5, 0.6) is 0 Å². The lowest BCUT2D eigenvalue weighted by molar-refractivity contribution is 0.177. The predicted molar refractivity (Wildman–Crippen MR) is 84.7 cm³/mol. The van der Waals surface area contributed by atoms with E-state index in [1.807, 2.05) is 0 Å². The minimum Gasteiger partial charge on any atom is -0.382 e. The number of nitrogens with one attached hydrogen (secondary N) is 1. The lowest BCUT2D eigenvalue weighted by atomic mass is 9.70.